The summed E-state index contributed by atoms with van der Waals surface area (Å²) in [5.41, 5.74) is 0. The second-order valence-corrected chi connectivity index (χ2v) is 4.42. The van der Waals surface area contributed by atoms with Crippen LogP contribution in [0.1, 0.15) is 17.0 Å². The van der Waals surface area contributed by atoms with E-state index in [1.165, 1.54) is 6.33 Å². The molecule has 1 atom stereocenters. The highest BCUT2D eigenvalue weighted by molar-refractivity contribution is 7.99. The van der Waals surface area contributed by atoms with Gasteiger partial charge in [-0.1, -0.05) is 0 Å². The Bertz CT molecular complexity index is 307. The quantitative estimate of drug-likeness (QED) is 0.770. The molecule has 1 aliphatic heterocycles. The van der Waals surface area contributed by atoms with Crippen LogP contribution in [-0.4, -0.2) is 50.6 Å². The van der Waals surface area contributed by atoms with E-state index in [-0.39, 0.29) is 5.91 Å². The monoisotopic (exact) mass is 212 g/mol. The van der Waals surface area contributed by atoms with Crippen LogP contribution in [0.15, 0.2) is 6.33 Å². The zero-order chi connectivity index (χ0) is 9.97. The third-order valence-electron chi connectivity index (χ3n) is 2.39. The van der Waals surface area contributed by atoms with Gasteiger partial charge in [0, 0.05) is 18.8 Å². The Balaban J connectivity index is 2.04. The maximum Gasteiger partial charge on any atom is 0.291 e. The van der Waals surface area contributed by atoms with Gasteiger partial charge in [-0.25, -0.2) is 4.98 Å². The predicted molar refractivity (Wildman–Crippen MR) is 54.2 cm³/mol. The average Bonchev–Trinajstić information content (AvgIpc) is 2.87. The van der Waals surface area contributed by atoms with E-state index in [0.29, 0.717) is 11.9 Å². The fourth-order valence-electron chi connectivity index (χ4n) is 1.47. The van der Waals surface area contributed by atoms with Gasteiger partial charge in [0.1, 0.15) is 6.33 Å². The van der Waals surface area contributed by atoms with Crippen LogP contribution < -0.4 is 0 Å². The molecule has 1 amide bonds. The lowest BCUT2D eigenvalue weighted by Gasteiger charge is -2.22. The molecule has 2 rings (SSSR count). The lowest BCUT2D eigenvalue weighted by atomic mass is 10.2. The molecule has 2 heterocycles. The largest absolute Gasteiger partial charge is 0.335 e. The molecule has 1 aromatic heterocycles. The van der Waals surface area contributed by atoms with Gasteiger partial charge in [0.05, 0.1) is 0 Å². The summed E-state index contributed by atoms with van der Waals surface area (Å²) in [4.78, 5) is 17.4. The van der Waals surface area contributed by atoms with E-state index in [4.69, 9.17) is 0 Å². The standard InChI is InChI=1S/C8H12N4OS/c1-12(6-2-3-14-4-6)8(13)7-9-5-10-11-7/h5-6H,2-4H2,1H3,(H,9,10,11). The van der Waals surface area contributed by atoms with Crippen molar-refractivity contribution < 1.29 is 4.79 Å². The van der Waals surface area contributed by atoms with Crippen LogP contribution in [0.4, 0.5) is 0 Å². The van der Waals surface area contributed by atoms with Crippen molar-refractivity contribution in [2.45, 2.75) is 12.5 Å². The first-order valence-electron chi connectivity index (χ1n) is 4.49. The Labute approximate surface area is 86.3 Å². The number of carbonyl (C=O) groups excluding carboxylic acids is 1. The molecule has 0 spiro atoms. The first-order chi connectivity index (χ1) is 6.79. The van der Waals surface area contributed by atoms with Gasteiger partial charge in [0.2, 0.25) is 5.82 Å². The number of nitrogens with one attached hydrogen (secondary N) is 1. The van der Waals surface area contributed by atoms with E-state index in [2.05, 4.69) is 15.2 Å². The van der Waals surface area contributed by atoms with E-state index >= 15 is 0 Å². The SMILES string of the molecule is CN(C(=O)c1ncn[nH]1)C1CCSC1. The van der Waals surface area contributed by atoms with Gasteiger partial charge in [0.25, 0.3) is 5.91 Å². The minimum atomic E-state index is -0.0741. The Kier molecular flexibility index (Phi) is 2.72. The first kappa shape index (κ1) is 9.51. The van der Waals surface area contributed by atoms with E-state index in [0.717, 1.165) is 17.9 Å². The van der Waals surface area contributed by atoms with E-state index in [1.54, 1.807) is 4.90 Å². The van der Waals surface area contributed by atoms with Gasteiger partial charge < -0.3 is 4.90 Å². The highest BCUT2D eigenvalue weighted by Crippen LogP contribution is 2.21. The molecule has 6 heteroatoms. The molecule has 0 aromatic carbocycles. The Morgan fingerprint density at radius 1 is 1.79 bits per heavy atom. The van der Waals surface area contributed by atoms with Gasteiger partial charge in [-0.2, -0.15) is 16.9 Å². The Morgan fingerprint density at radius 2 is 2.64 bits per heavy atom. The Morgan fingerprint density at radius 3 is 3.21 bits per heavy atom. The summed E-state index contributed by atoms with van der Waals surface area (Å²) in [5.74, 6) is 2.41. The molecule has 5 nitrogen and oxygen atoms in total. The van der Waals surface area contributed by atoms with Gasteiger partial charge in [-0.05, 0) is 12.2 Å². The van der Waals surface area contributed by atoms with Crippen LogP contribution in [0.3, 0.4) is 0 Å². The van der Waals surface area contributed by atoms with Crippen LogP contribution in [0.25, 0.3) is 0 Å². The predicted octanol–water partition coefficient (Wildman–Crippen LogP) is 0.382. The number of thioether (sulfide) groups is 1. The second kappa shape index (κ2) is 4.00. The van der Waals surface area contributed by atoms with Crippen molar-refractivity contribution in [3.63, 3.8) is 0 Å². The molecule has 1 fully saturated rings. The molecule has 0 aliphatic carbocycles. The molecular formula is C8H12N4OS. The van der Waals surface area contributed by atoms with Crippen LogP contribution in [-0.2, 0) is 0 Å². The van der Waals surface area contributed by atoms with Gasteiger partial charge in [0.15, 0.2) is 0 Å². The number of hydrogen-bond donors (Lipinski definition) is 1. The molecule has 1 aromatic rings. The Hall–Kier alpha value is -1.04. The minimum absolute atomic E-state index is 0.0741. The van der Waals surface area contributed by atoms with Crippen LogP contribution in [0, 0.1) is 0 Å². The smallest absolute Gasteiger partial charge is 0.291 e. The summed E-state index contributed by atoms with van der Waals surface area (Å²) < 4.78 is 0. The average molecular weight is 212 g/mol. The summed E-state index contributed by atoms with van der Waals surface area (Å²) in [5, 5.41) is 6.25. The molecule has 76 valence electrons. The third-order valence-corrected chi connectivity index (χ3v) is 3.54. The van der Waals surface area contributed by atoms with Crippen LogP contribution in [0.2, 0.25) is 0 Å². The summed E-state index contributed by atoms with van der Waals surface area (Å²) in [6, 6.07) is 0.345. The molecular weight excluding hydrogens is 200 g/mol. The summed E-state index contributed by atoms with van der Waals surface area (Å²) in [7, 11) is 1.82. The summed E-state index contributed by atoms with van der Waals surface area (Å²) in [6.07, 6.45) is 2.42. The molecule has 1 aliphatic rings. The lowest BCUT2D eigenvalue weighted by molar-refractivity contribution is 0.0736. The third kappa shape index (κ3) is 1.75. The number of aromatic amines is 1. The van der Waals surface area contributed by atoms with E-state index < -0.39 is 0 Å². The van der Waals surface area contributed by atoms with Crippen molar-refractivity contribution in [3.8, 4) is 0 Å². The molecule has 0 saturated carbocycles. The maximum atomic E-state index is 11.8. The summed E-state index contributed by atoms with van der Waals surface area (Å²) >= 11 is 1.89. The van der Waals surface area contributed by atoms with Crippen LogP contribution >= 0.6 is 11.8 Å². The maximum absolute atomic E-state index is 11.8. The number of amides is 1. The van der Waals surface area contributed by atoms with Crippen LogP contribution in [0.5, 0.6) is 0 Å². The topological polar surface area (TPSA) is 61.9 Å². The van der Waals surface area contributed by atoms with E-state index in [1.807, 2.05) is 18.8 Å². The molecule has 1 N–H and O–H groups in total. The van der Waals surface area contributed by atoms with Crippen molar-refractivity contribution in [2.24, 2.45) is 0 Å². The van der Waals surface area contributed by atoms with Crippen molar-refractivity contribution in [1.82, 2.24) is 20.1 Å². The number of rotatable bonds is 2. The highest BCUT2D eigenvalue weighted by atomic mass is 32.2. The first-order valence-corrected chi connectivity index (χ1v) is 5.65. The number of aromatic nitrogens is 3. The molecule has 1 saturated heterocycles. The summed E-state index contributed by atoms with van der Waals surface area (Å²) in [6.45, 7) is 0. The van der Waals surface area contributed by atoms with E-state index in [9.17, 15) is 4.79 Å². The fraction of sp³-hybridized carbons (Fsp3) is 0.625. The lowest BCUT2D eigenvalue weighted by Crippen LogP contribution is -2.37. The van der Waals surface area contributed by atoms with Crippen molar-refractivity contribution in [2.75, 3.05) is 18.6 Å². The number of H-pyrrole nitrogens is 1. The highest BCUT2D eigenvalue weighted by Gasteiger charge is 2.25. The number of carbonyl (C=O) groups is 1. The minimum Gasteiger partial charge on any atom is -0.335 e. The van der Waals surface area contributed by atoms with Crippen molar-refractivity contribution in [1.29, 1.82) is 0 Å². The fourth-order valence-corrected chi connectivity index (χ4v) is 2.74. The van der Waals surface area contributed by atoms with Gasteiger partial charge in [-0.15, -0.1) is 0 Å². The molecule has 0 radical (unpaired) electrons. The number of nitrogens with zero attached hydrogens (tertiary/aromatic N) is 3. The zero-order valence-corrected chi connectivity index (χ0v) is 8.75. The zero-order valence-electron chi connectivity index (χ0n) is 7.93. The second-order valence-electron chi connectivity index (χ2n) is 3.27. The van der Waals surface area contributed by atoms with Gasteiger partial charge in [-0.3, -0.25) is 9.89 Å². The molecule has 14 heavy (non-hydrogen) atoms. The normalized spacial score (nSPS) is 21.1. The van der Waals surface area contributed by atoms with Crippen molar-refractivity contribution in [3.05, 3.63) is 12.2 Å². The van der Waals surface area contributed by atoms with Gasteiger partial charge >= 0.3 is 0 Å². The van der Waals surface area contributed by atoms with Crippen molar-refractivity contribution >= 4 is 17.7 Å². The molecule has 0 bridgehead atoms. The number of hydrogen-bond acceptors (Lipinski definition) is 4. The molecule has 1 unspecified atom stereocenters.